The molecular formula is C8H8Cl2O2. The van der Waals surface area contributed by atoms with Crippen LogP contribution < -0.4 is 0 Å². The summed E-state index contributed by atoms with van der Waals surface area (Å²) in [5, 5.41) is 18.7. The van der Waals surface area contributed by atoms with Gasteiger partial charge in [0.05, 0.1) is 6.61 Å². The van der Waals surface area contributed by atoms with Crippen molar-refractivity contribution in [1.82, 2.24) is 0 Å². The highest BCUT2D eigenvalue weighted by atomic mass is 35.5. The Hall–Kier alpha value is -0.280. The zero-order valence-electron chi connectivity index (χ0n) is 6.17. The molecule has 0 aliphatic carbocycles. The number of benzene rings is 1. The van der Waals surface area contributed by atoms with Crippen LogP contribution in [-0.4, -0.2) is 16.8 Å². The van der Waals surface area contributed by atoms with Gasteiger partial charge >= 0.3 is 0 Å². The molecule has 1 rings (SSSR count). The first-order valence-electron chi connectivity index (χ1n) is 3.38. The Labute approximate surface area is 80.4 Å². The van der Waals surface area contributed by atoms with E-state index in [4.69, 9.17) is 28.3 Å². The van der Waals surface area contributed by atoms with Crippen LogP contribution in [0.15, 0.2) is 18.2 Å². The van der Waals surface area contributed by atoms with Crippen molar-refractivity contribution < 1.29 is 10.2 Å². The van der Waals surface area contributed by atoms with Gasteiger partial charge < -0.3 is 10.2 Å². The number of halogens is 2. The summed E-state index contributed by atoms with van der Waals surface area (Å²) >= 11 is 11.3. The first kappa shape index (κ1) is 9.81. The zero-order valence-corrected chi connectivity index (χ0v) is 7.68. The second-order valence-corrected chi connectivity index (χ2v) is 3.27. The van der Waals surface area contributed by atoms with E-state index in [0.717, 1.165) is 0 Å². The normalized spacial score (nSPS) is 13.0. The molecule has 0 saturated heterocycles. The predicted molar refractivity (Wildman–Crippen MR) is 48.5 cm³/mol. The summed E-state index contributed by atoms with van der Waals surface area (Å²) in [4.78, 5) is 0. The molecule has 0 aromatic heterocycles. The van der Waals surface area contributed by atoms with Crippen LogP contribution in [0.2, 0.25) is 10.0 Å². The van der Waals surface area contributed by atoms with Crippen LogP contribution in [-0.2, 0) is 0 Å². The number of aliphatic hydroxyl groups is 2. The summed E-state index contributed by atoms with van der Waals surface area (Å²) in [5.41, 5.74) is 0.523. The largest absolute Gasteiger partial charge is 0.393 e. The van der Waals surface area contributed by atoms with Gasteiger partial charge in [-0.2, -0.15) is 0 Å². The lowest BCUT2D eigenvalue weighted by atomic mass is 10.1. The lowest BCUT2D eigenvalue weighted by Crippen LogP contribution is -2.01. The molecule has 1 aromatic carbocycles. The molecule has 1 atom stereocenters. The van der Waals surface area contributed by atoms with Gasteiger partial charge in [0.25, 0.3) is 0 Å². The van der Waals surface area contributed by atoms with Crippen LogP contribution in [0.1, 0.15) is 11.7 Å². The Bertz CT molecular complexity index is 256. The molecule has 0 amide bonds. The van der Waals surface area contributed by atoms with Gasteiger partial charge in [-0.3, -0.25) is 0 Å². The molecule has 0 heterocycles. The molecule has 1 aromatic rings. The fraction of sp³-hybridized carbons (Fsp3) is 0.250. The maximum atomic E-state index is 9.21. The van der Waals surface area contributed by atoms with E-state index in [1.54, 1.807) is 18.2 Å². The van der Waals surface area contributed by atoms with Crippen LogP contribution in [0.25, 0.3) is 0 Å². The Balaban J connectivity index is 3.00. The first-order chi connectivity index (χ1) is 5.63. The third kappa shape index (κ3) is 2.35. The third-order valence-corrected chi connectivity index (χ3v) is 1.88. The standard InChI is InChI=1S/C8H8Cl2O2/c9-6-1-5(8(12)4-11)2-7(10)3-6/h1-3,8,11-12H,4H2. The Morgan fingerprint density at radius 3 is 2.08 bits per heavy atom. The summed E-state index contributed by atoms with van der Waals surface area (Å²) in [6, 6.07) is 4.69. The monoisotopic (exact) mass is 206 g/mol. The van der Waals surface area contributed by atoms with Gasteiger partial charge in [0.1, 0.15) is 6.10 Å². The van der Waals surface area contributed by atoms with E-state index in [2.05, 4.69) is 0 Å². The molecule has 0 radical (unpaired) electrons. The number of rotatable bonds is 2. The van der Waals surface area contributed by atoms with Crippen molar-refractivity contribution in [1.29, 1.82) is 0 Å². The van der Waals surface area contributed by atoms with E-state index >= 15 is 0 Å². The lowest BCUT2D eigenvalue weighted by molar-refractivity contribution is 0.0956. The van der Waals surface area contributed by atoms with Gasteiger partial charge in [-0.05, 0) is 23.8 Å². The summed E-state index contributed by atoms with van der Waals surface area (Å²) in [7, 11) is 0. The highest BCUT2D eigenvalue weighted by Crippen LogP contribution is 2.22. The van der Waals surface area contributed by atoms with Crippen molar-refractivity contribution in [2.75, 3.05) is 6.61 Å². The second-order valence-electron chi connectivity index (χ2n) is 2.40. The van der Waals surface area contributed by atoms with E-state index in [1.807, 2.05) is 0 Å². The summed E-state index contributed by atoms with van der Waals surface area (Å²) in [6.07, 6.45) is -0.916. The van der Waals surface area contributed by atoms with Crippen molar-refractivity contribution in [2.24, 2.45) is 0 Å². The summed E-state index contributed by atoms with van der Waals surface area (Å²) in [5.74, 6) is 0. The van der Waals surface area contributed by atoms with Crippen molar-refractivity contribution in [3.05, 3.63) is 33.8 Å². The molecule has 0 bridgehead atoms. The van der Waals surface area contributed by atoms with Crippen molar-refractivity contribution in [3.63, 3.8) is 0 Å². The maximum Gasteiger partial charge on any atom is 0.102 e. The highest BCUT2D eigenvalue weighted by Gasteiger charge is 2.07. The average molecular weight is 207 g/mol. The molecule has 2 N–H and O–H groups in total. The fourth-order valence-electron chi connectivity index (χ4n) is 0.873. The van der Waals surface area contributed by atoms with E-state index in [9.17, 15) is 5.11 Å². The van der Waals surface area contributed by atoms with Crippen LogP contribution in [0.4, 0.5) is 0 Å². The van der Waals surface area contributed by atoms with Crippen molar-refractivity contribution >= 4 is 23.2 Å². The molecule has 4 heteroatoms. The van der Waals surface area contributed by atoms with Crippen LogP contribution in [0, 0.1) is 0 Å². The Kier molecular flexibility index (Phi) is 3.35. The predicted octanol–water partition coefficient (Wildman–Crippen LogP) is 2.02. The van der Waals surface area contributed by atoms with Gasteiger partial charge in [-0.15, -0.1) is 0 Å². The van der Waals surface area contributed by atoms with Crippen LogP contribution >= 0.6 is 23.2 Å². The Morgan fingerprint density at radius 1 is 1.17 bits per heavy atom. The smallest absolute Gasteiger partial charge is 0.102 e. The Morgan fingerprint density at radius 2 is 1.67 bits per heavy atom. The van der Waals surface area contributed by atoms with E-state index in [0.29, 0.717) is 15.6 Å². The molecule has 66 valence electrons. The third-order valence-electron chi connectivity index (χ3n) is 1.44. The molecule has 12 heavy (non-hydrogen) atoms. The SMILES string of the molecule is OCC(O)c1cc(Cl)cc(Cl)c1. The molecule has 0 fully saturated rings. The van der Waals surface area contributed by atoms with Gasteiger partial charge in [0.15, 0.2) is 0 Å². The minimum atomic E-state index is -0.916. The van der Waals surface area contributed by atoms with Crippen molar-refractivity contribution in [3.8, 4) is 0 Å². The minimum Gasteiger partial charge on any atom is -0.393 e. The molecule has 0 aliphatic heterocycles. The van der Waals surface area contributed by atoms with Crippen LogP contribution in [0.5, 0.6) is 0 Å². The van der Waals surface area contributed by atoms with Crippen molar-refractivity contribution in [2.45, 2.75) is 6.10 Å². The second kappa shape index (κ2) is 4.10. The molecular weight excluding hydrogens is 199 g/mol. The molecule has 2 nitrogen and oxygen atoms in total. The van der Waals surface area contributed by atoms with Crippen LogP contribution in [0.3, 0.4) is 0 Å². The number of aliphatic hydroxyl groups excluding tert-OH is 2. The van der Waals surface area contributed by atoms with Gasteiger partial charge in [0.2, 0.25) is 0 Å². The summed E-state index contributed by atoms with van der Waals surface area (Å²) in [6.45, 7) is -0.337. The lowest BCUT2D eigenvalue weighted by Gasteiger charge is -2.07. The molecule has 0 saturated carbocycles. The maximum absolute atomic E-state index is 9.21. The zero-order chi connectivity index (χ0) is 9.14. The summed E-state index contributed by atoms with van der Waals surface area (Å²) < 4.78 is 0. The molecule has 1 unspecified atom stereocenters. The topological polar surface area (TPSA) is 40.5 Å². The van der Waals surface area contributed by atoms with Gasteiger partial charge in [0, 0.05) is 10.0 Å². The van der Waals surface area contributed by atoms with Gasteiger partial charge in [-0.1, -0.05) is 23.2 Å². The van der Waals surface area contributed by atoms with E-state index in [-0.39, 0.29) is 6.61 Å². The van der Waals surface area contributed by atoms with E-state index in [1.165, 1.54) is 0 Å². The number of hydrogen-bond acceptors (Lipinski definition) is 2. The number of hydrogen-bond donors (Lipinski definition) is 2. The molecule has 0 spiro atoms. The first-order valence-corrected chi connectivity index (χ1v) is 4.14. The highest BCUT2D eigenvalue weighted by molar-refractivity contribution is 6.34. The van der Waals surface area contributed by atoms with Gasteiger partial charge in [-0.25, -0.2) is 0 Å². The van der Waals surface area contributed by atoms with E-state index < -0.39 is 6.10 Å². The fourth-order valence-corrected chi connectivity index (χ4v) is 1.42. The minimum absolute atomic E-state index is 0.337. The average Bonchev–Trinajstić information content (AvgIpc) is 2.01. The molecule has 0 aliphatic rings. The quantitative estimate of drug-likeness (QED) is 0.778.